The number of halogens is 6. The molecule has 1 atom stereocenters. The van der Waals surface area contributed by atoms with Crippen molar-refractivity contribution in [3.63, 3.8) is 0 Å². The number of benzene rings is 1. The summed E-state index contributed by atoms with van der Waals surface area (Å²) in [7, 11) is 0. The fourth-order valence-electron chi connectivity index (χ4n) is 2.26. The summed E-state index contributed by atoms with van der Waals surface area (Å²) >= 11 is 2.94. The van der Waals surface area contributed by atoms with Crippen LogP contribution in [-0.2, 0) is 0 Å². The van der Waals surface area contributed by atoms with Crippen LogP contribution in [0.5, 0.6) is 5.75 Å². The van der Waals surface area contributed by atoms with E-state index in [2.05, 4.69) is 21.2 Å². The molecule has 0 aromatic heterocycles. The molecule has 122 valence electrons. The molecule has 0 amide bonds. The fourth-order valence-corrected chi connectivity index (χ4v) is 2.67. The molecule has 0 aliphatic carbocycles. The molecule has 0 unspecified atom stereocenters. The van der Waals surface area contributed by atoms with E-state index in [-0.39, 0.29) is 34.9 Å². The SMILES string of the molecule is Cl.Cl.Oc1c(Br)cc(F)c(F)c1[C@@H](CF)N1CCNCC1. The summed E-state index contributed by atoms with van der Waals surface area (Å²) in [4.78, 5) is 1.69. The van der Waals surface area contributed by atoms with Crippen LogP contribution in [0.4, 0.5) is 13.2 Å². The van der Waals surface area contributed by atoms with E-state index in [4.69, 9.17) is 0 Å². The van der Waals surface area contributed by atoms with Crippen molar-refractivity contribution in [1.29, 1.82) is 0 Å². The molecular formula is C12H16BrCl2F3N2O. The maximum absolute atomic E-state index is 13.9. The van der Waals surface area contributed by atoms with Crippen molar-refractivity contribution in [3.05, 3.63) is 27.7 Å². The average molecular weight is 412 g/mol. The molecule has 1 aromatic carbocycles. The van der Waals surface area contributed by atoms with Gasteiger partial charge >= 0.3 is 0 Å². The minimum Gasteiger partial charge on any atom is -0.506 e. The van der Waals surface area contributed by atoms with Gasteiger partial charge in [0.1, 0.15) is 12.4 Å². The number of aromatic hydroxyl groups is 1. The van der Waals surface area contributed by atoms with Gasteiger partial charge in [-0.2, -0.15) is 0 Å². The van der Waals surface area contributed by atoms with E-state index in [9.17, 15) is 18.3 Å². The number of hydrogen-bond donors (Lipinski definition) is 2. The summed E-state index contributed by atoms with van der Waals surface area (Å²) in [5, 5.41) is 13.0. The summed E-state index contributed by atoms with van der Waals surface area (Å²) in [5.74, 6) is -2.74. The van der Waals surface area contributed by atoms with Gasteiger partial charge < -0.3 is 10.4 Å². The van der Waals surface area contributed by atoms with Crippen LogP contribution in [0.2, 0.25) is 0 Å². The number of rotatable bonds is 3. The van der Waals surface area contributed by atoms with Gasteiger partial charge in [-0.25, -0.2) is 13.2 Å². The number of nitrogens with one attached hydrogen (secondary N) is 1. The van der Waals surface area contributed by atoms with E-state index >= 15 is 0 Å². The van der Waals surface area contributed by atoms with Crippen LogP contribution in [0, 0.1) is 11.6 Å². The summed E-state index contributed by atoms with van der Waals surface area (Å²) in [6, 6.07) is -0.143. The number of hydrogen-bond acceptors (Lipinski definition) is 3. The average Bonchev–Trinajstić information content (AvgIpc) is 2.42. The lowest BCUT2D eigenvalue weighted by Gasteiger charge is -2.34. The highest BCUT2D eigenvalue weighted by Crippen LogP contribution is 2.38. The Bertz CT molecular complexity index is 450. The fraction of sp³-hybridized carbons (Fsp3) is 0.500. The predicted molar refractivity (Wildman–Crippen MR) is 83.4 cm³/mol. The Morgan fingerprint density at radius 3 is 2.38 bits per heavy atom. The number of piperazine rings is 1. The van der Waals surface area contributed by atoms with Gasteiger partial charge in [-0.05, 0) is 22.0 Å². The molecular weight excluding hydrogens is 396 g/mol. The highest BCUT2D eigenvalue weighted by atomic mass is 79.9. The summed E-state index contributed by atoms with van der Waals surface area (Å²) < 4.78 is 40.6. The lowest BCUT2D eigenvalue weighted by atomic mass is 10.0. The molecule has 0 radical (unpaired) electrons. The van der Waals surface area contributed by atoms with E-state index in [1.165, 1.54) is 0 Å². The van der Waals surface area contributed by atoms with Crippen molar-refractivity contribution < 1.29 is 18.3 Å². The van der Waals surface area contributed by atoms with E-state index in [0.717, 1.165) is 6.07 Å². The van der Waals surface area contributed by atoms with E-state index < -0.39 is 30.1 Å². The molecule has 1 fully saturated rings. The first-order valence-corrected chi connectivity index (χ1v) is 6.72. The Kier molecular flexibility index (Phi) is 8.96. The van der Waals surface area contributed by atoms with Crippen LogP contribution >= 0.6 is 40.7 Å². The molecule has 2 rings (SSSR count). The second kappa shape index (κ2) is 9.05. The van der Waals surface area contributed by atoms with Gasteiger partial charge in [0.25, 0.3) is 0 Å². The quantitative estimate of drug-likeness (QED) is 0.749. The van der Waals surface area contributed by atoms with Crippen LogP contribution in [-0.4, -0.2) is 42.9 Å². The standard InChI is InChI=1S/C12H14BrF3N2O.2ClH/c13-7-5-8(15)11(16)10(12(7)19)9(6-14)18-3-1-17-2-4-18;;/h5,9,17,19H,1-4,6H2;2*1H/t9-;;/m1../s1. The first-order valence-electron chi connectivity index (χ1n) is 5.93. The van der Waals surface area contributed by atoms with Crippen LogP contribution in [0.1, 0.15) is 11.6 Å². The van der Waals surface area contributed by atoms with Gasteiger partial charge in [-0.15, -0.1) is 24.8 Å². The molecule has 0 saturated carbocycles. The van der Waals surface area contributed by atoms with Gasteiger partial charge in [0.05, 0.1) is 16.1 Å². The summed E-state index contributed by atoms with van der Waals surface area (Å²) in [5.41, 5.74) is -0.323. The molecule has 1 aromatic rings. The van der Waals surface area contributed by atoms with Crippen LogP contribution in [0.15, 0.2) is 10.5 Å². The maximum Gasteiger partial charge on any atom is 0.167 e. The summed E-state index contributed by atoms with van der Waals surface area (Å²) in [6.07, 6.45) is 0. The van der Waals surface area contributed by atoms with Gasteiger partial charge in [-0.3, -0.25) is 4.90 Å². The largest absolute Gasteiger partial charge is 0.506 e. The molecule has 1 saturated heterocycles. The van der Waals surface area contributed by atoms with Crippen molar-refractivity contribution in [2.75, 3.05) is 32.9 Å². The van der Waals surface area contributed by atoms with Crippen LogP contribution < -0.4 is 5.32 Å². The minimum absolute atomic E-state index is 0. The second-order valence-electron chi connectivity index (χ2n) is 4.37. The highest BCUT2D eigenvalue weighted by Gasteiger charge is 2.30. The van der Waals surface area contributed by atoms with Crippen LogP contribution in [0.3, 0.4) is 0 Å². The molecule has 0 spiro atoms. The Hall–Kier alpha value is -0.210. The van der Waals surface area contributed by atoms with Crippen molar-refractivity contribution >= 4 is 40.7 Å². The number of alkyl halides is 1. The molecule has 0 bridgehead atoms. The monoisotopic (exact) mass is 410 g/mol. The molecule has 1 aliphatic heterocycles. The van der Waals surface area contributed by atoms with E-state index in [0.29, 0.717) is 26.2 Å². The third kappa shape index (κ3) is 4.39. The zero-order chi connectivity index (χ0) is 14.0. The molecule has 9 heteroatoms. The Balaban J connectivity index is 0.00000200. The van der Waals surface area contributed by atoms with E-state index in [1.807, 2.05) is 0 Å². The first kappa shape index (κ1) is 20.8. The lowest BCUT2D eigenvalue weighted by molar-refractivity contribution is 0.141. The van der Waals surface area contributed by atoms with Gasteiger partial charge in [-0.1, -0.05) is 0 Å². The predicted octanol–water partition coefficient (Wildman–Crippen LogP) is 3.19. The topological polar surface area (TPSA) is 35.5 Å². The molecule has 21 heavy (non-hydrogen) atoms. The van der Waals surface area contributed by atoms with Crippen molar-refractivity contribution in [3.8, 4) is 5.75 Å². The maximum atomic E-state index is 13.9. The number of phenols is 1. The van der Waals surface area contributed by atoms with Crippen molar-refractivity contribution in [1.82, 2.24) is 10.2 Å². The number of nitrogens with zero attached hydrogens (tertiary/aromatic N) is 1. The van der Waals surface area contributed by atoms with E-state index in [1.54, 1.807) is 4.90 Å². The van der Waals surface area contributed by atoms with Gasteiger partial charge in [0.15, 0.2) is 11.6 Å². The van der Waals surface area contributed by atoms with Crippen LogP contribution in [0.25, 0.3) is 0 Å². The molecule has 2 N–H and O–H groups in total. The Morgan fingerprint density at radius 2 is 1.86 bits per heavy atom. The number of phenolic OH excluding ortho intramolecular Hbond substituents is 1. The minimum atomic E-state index is -1.19. The Morgan fingerprint density at radius 1 is 1.29 bits per heavy atom. The van der Waals surface area contributed by atoms with Crippen molar-refractivity contribution in [2.24, 2.45) is 0 Å². The molecule has 1 aliphatic rings. The first-order chi connectivity index (χ1) is 9.06. The third-order valence-electron chi connectivity index (χ3n) is 3.25. The smallest absolute Gasteiger partial charge is 0.167 e. The normalized spacial score (nSPS) is 16.8. The Labute approximate surface area is 141 Å². The van der Waals surface area contributed by atoms with Crippen molar-refractivity contribution in [2.45, 2.75) is 6.04 Å². The van der Waals surface area contributed by atoms with Gasteiger partial charge in [0.2, 0.25) is 0 Å². The molecule has 3 nitrogen and oxygen atoms in total. The highest BCUT2D eigenvalue weighted by molar-refractivity contribution is 9.10. The summed E-state index contributed by atoms with van der Waals surface area (Å²) in [6.45, 7) is 1.44. The molecule has 1 heterocycles. The zero-order valence-corrected chi connectivity index (χ0v) is 14.1. The zero-order valence-electron chi connectivity index (χ0n) is 10.9. The third-order valence-corrected chi connectivity index (χ3v) is 3.86. The second-order valence-corrected chi connectivity index (χ2v) is 5.23. The lowest BCUT2D eigenvalue weighted by Crippen LogP contribution is -2.46. The van der Waals surface area contributed by atoms with Gasteiger partial charge in [0, 0.05) is 26.2 Å².